The van der Waals surface area contributed by atoms with Crippen LogP contribution in [0.1, 0.15) is 5.82 Å². The number of hydrogen-bond acceptors (Lipinski definition) is 6. The second-order valence-electron chi connectivity index (χ2n) is 3.65. The fourth-order valence-electron chi connectivity index (χ4n) is 1.48. The predicted octanol–water partition coefficient (Wildman–Crippen LogP) is 2.26. The first-order valence-electron chi connectivity index (χ1n) is 5.50. The molecular formula is C12H9N3O3S. The van der Waals surface area contributed by atoms with Gasteiger partial charge in [0.05, 0.1) is 12.0 Å². The Morgan fingerprint density at radius 1 is 1.26 bits per heavy atom. The van der Waals surface area contributed by atoms with Gasteiger partial charge in [-0.1, -0.05) is 5.16 Å². The van der Waals surface area contributed by atoms with Gasteiger partial charge in [0.1, 0.15) is 0 Å². The lowest BCUT2D eigenvalue weighted by atomic mass is 10.4. The average Bonchev–Trinajstić information content (AvgIpc) is 3.09. The zero-order chi connectivity index (χ0) is 13.1. The Kier molecular flexibility index (Phi) is 3.20. The van der Waals surface area contributed by atoms with Crippen LogP contribution in [0.2, 0.25) is 0 Å². The lowest BCUT2D eigenvalue weighted by molar-refractivity contribution is -0.645. The van der Waals surface area contributed by atoms with Crippen LogP contribution in [-0.4, -0.2) is 10.1 Å². The zero-order valence-corrected chi connectivity index (χ0v) is 10.5. The van der Waals surface area contributed by atoms with Crippen LogP contribution in [0, 0.1) is 5.21 Å². The quantitative estimate of drug-likeness (QED) is 0.413. The summed E-state index contributed by atoms with van der Waals surface area (Å²) in [5.74, 6) is 1.84. The number of aromatic nitrogens is 3. The third kappa shape index (κ3) is 2.60. The first kappa shape index (κ1) is 11.8. The van der Waals surface area contributed by atoms with Crippen LogP contribution in [0.15, 0.2) is 56.8 Å². The van der Waals surface area contributed by atoms with Crippen molar-refractivity contribution < 1.29 is 13.7 Å². The first-order valence-corrected chi connectivity index (χ1v) is 6.49. The highest BCUT2D eigenvalue weighted by molar-refractivity contribution is 7.98. The van der Waals surface area contributed by atoms with Gasteiger partial charge in [0.2, 0.25) is 0 Å². The molecule has 96 valence electrons. The molecule has 3 aromatic rings. The predicted molar refractivity (Wildman–Crippen MR) is 67.0 cm³/mol. The van der Waals surface area contributed by atoms with Crippen molar-refractivity contribution in [2.75, 3.05) is 0 Å². The highest BCUT2D eigenvalue weighted by Crippen LogP contribution is 2.21. The number of thioether (sulfide) groups is 1. The summed E-state index contributed by atoms with van der Waals surface area (Å²) >= 11 is 1.35. The molecule has 0 radical (unpaired) electrons. The highest BCUT2D eigenvalue weighted by atomic mass is 32.2. The molecule has 7 heteroatoms. The van der Waals surface area contributed by atoms with Gasteiger partial charge in [-0.05, 0) is 30.0 Å². The van der Waals surface area contributed by atoms with E-state index in [4.69, 9.17) is 8.94 Å². The maximum atomic E-state index is 11.4. The Balaban J connectivity index is 1.70. The fraction of sp³-hybridized carbons (Fsp3) is 0.0833. The van der Waals surface area contributed by atoms with Gasteiger partial charge in [-0.25, -0.2) is 0 Å². The van der Waals surface area contributed by atoms with Crippen LogP contribution in [0.25, 0.3) is 11.7 Å². The lowest BCUT2D eigenvalue weighted by Crippen LogP contribution is -2.27. The molecule has 0 aromatic carbocycles. The largest absolute Gasteiger partial charge is 0.618 e. The molecule has 3 rings (SSSR count). The summed E-state index contributed by atoms with van der Waals surface area (Å²) in [6.07, 6.45) is 2.99. The van der Waals surface area contributed by atoms with E-state index in [0.717, 1.165) is 4.73 Å². The number of pyridine rings is 1. The van der Waals surface area contributed by atoms with Crippen molar-refractivity contribution in [2.24, 2.45) is 0 Å². The van der Waals surface area contributed by atoms with E-state index in [2.05, 4.69) is 10.1 Å². The van der Waals surface area contributed by atoms with Crippen molar-refractivity contribution in [3.05, 3.63) is 53.8 Å². The summed E-state index contributed by atoms with van der Waals surface area (Å²) < 4.78 is 11.0. The minimum Gasteiger partial charge on any atom is -0.618 e. The van der Waals surface area contributed by atoms with Crippen molar-refractivity contribution >= 4 is 11.8 Å². The van der Waals surface area contributed by atoms with Gasteiger partial charge in [-0.2, -0.15) is 9.71 Å². The van der Waals surface area contributed by atoms with Crippen molar-refractivity contribution in [2.45, 2.75) is 10.8 Å². The molecule has 0 spiro atoms. The topological polar surface area (TPSA) is 79.0 Å². The van der Waals surface area contributed by atoms with Gasteiger partial charge < -0.3 is 14.1 Å². The van der Waals surface area contributed by atoms with E-state index in [1.807, 2.05) is 0 Å². The Morgan fingerprint density at radius 3 is 3.00 bits per heavy atom. The molecule has 3 aromatic heterocycles. The SMILES string of the molecule is [O-][n+]1ccccc1SCc1noc(-c2ccco2)n1. The van der Waals surface area contributed by atoms with E-state index in [1.54, 1.807) is 30.3 Å². The third-order valence-electron chi connectivity index (χ3n) is 2.34. The average molecular weight is 275 g/mol. The van der Waals surface area contributed by atoms with Crippen molar-refractivity contribution in [1.82, 2.24) is 10.1 Å². The smallest absolute Gasteiger partial charge is 0.293 e. The first-order chi connectivity index (χ1) is 9.33. The van der Waals surface area contributed by atoms with Gasteiger partial charge in [0, 0.05) is 12.1 Å². The fourth-order valence-corrected chi connectivity index (χ4v) is 2.23. The molecule has 0 amide bonds. The van der Waals surface area contributed by atoms with E-state index < -0.39 is 0 Å². The Labute approximate surface area is 112 Å². The van der Waals surface area contributed by atoms with Crippen molar-refractivity contribution in [1.29, 1.82) is 0 Å². The van der Waals surface area contributed by atoms with Crippen LogP contribution in [0.5, 0.6) is 0 Å². The van der Waals surface area contributed by atoms with Gasteiger partial charge in [0.15, 0.2) is 17.8 Å². The van der Waals surface area contributed by atoms with Crippen LogP contribution < -0.4 is 4.73 Å². The molecule has 0 aliphatic carbocycles. The molecule has 0 bridgehead atoms. The summed E-state index contributed by atoms with van der Waals surface area (Å²) in [7, 11) is 0. The Bertz CT molecular complexity index is 666. The molecule has 19 heavy (non-hydrogen) atoms. The van der Waals surface area contributed by atoms with E-state index in [1.165, 1.54) is 24.2 Å². The van der Waals surface area contributed by atoms with Gasteiger partial charge >= 0.3 is 0 Å². The monoisotopic (exact) mass is 275 g/mol. The van der Waals surface area contributed by atoms with Crippen molar-refractivity contribution in [3.8, 4) is 11.7 Å². The molecule has 0 atom stereocenters. The second-order valence-corrected chi connectivity index (χ2v) is 4.64. The van der Waals surface area contributed by atoms with Crippen molar-refractivity contribution in [3.63, 3.8) is 0 Å². The molecule has 0 aliphatic rings. The van der Waals surface area contributed by atoms with Gasteiger partial charge in [-0.3, -0.25) is 0 Å². The number of hydrogen-bond donors (Lipinski definition) is 0. The number of furan rings is 1. The van der Waals surface area contributed by atoms with Crippen LogP contribution >= 0.6 is 11.8 Å². The molecule has 0 N–H and O–H groups in total. The van der Waals surface area contributed by atoms with Gasteiger partial charge in [0.25, 0.3) is 10.9 Å². The molecule has 0 fully saturated rings. The van der Waals surface area contributed by atoms with E-state index in [9.17, 15) is 5.21 Å². The summed E-state index contributed by atoms with van der Waals surface area (Å²) in [5, 5.41) is 15.9. The summed E-state index contributed by atoms with van der Waals surface area (Å²) in [4.78, 5) is 4.19. The molecule has 0 aliphatic heterocycles. The normalized spacial score (nSPS) is 10.7. The molecule has 0 saturated carbocycles. The molecular weight excluding hydrogens is 266 g/mol. The van der Waals surface area contributed by atoms with E-state index in [-0.39, 0.29) is 0 Å². The highest BCUT2D eigenvalue weighted by Gasteiger charge is 2.13. The minimum absolute atomic E-state index is 0.337. The summed E-state index contributed by atoms with van der Waals surface area (Å²) in [6.45, 7) is 0. The molecule has 3 heterocycles. The Morgan fingerprint density at radius 2 is 2.21 bits per heavy atom. The van der Waals surface area contributed by atoms with Gasteiger partial charge in [-0.15, -0.1) is 0 Å². The van der Waals surface area contributed by atoms with Crippen LogP contribution in [-0.2, 0) is 5.75 Å². The van der Waals surface area contributed by atoms with E-state index >= 15 is 0 Å². The minimum atomic E-state index is 0.337. The van der Waals surface area contributed by atoms with Crippen LogP contribution in [0.3, 0.4) is 0 Å². The lowest BCUT2D eigenvalue weighted by Gasteiger charge is -2.00. The zero-order valence-electron chi connectivity index (χ0n) is 9.72. The molecule has 0 unspecified atom stereocenters. The molecule has 0 saturated heterocycles. The van der Waals surface area contributed by atoms with Crippen LogP contribution in [0.4, 0.5) is 0 Å². The second kappa shape index (κ2) is 5.15. The number of nitrogens with zero attached hydrogens (tertiary/aromatic N) is 3. The third-order valence-corrected chi connectivity index (χ3v) is 3.35. The maximum Gasteiger partial charge on any atom is 0.293 e. The standard InChI is InChI=1S/C12H9N3O3S/c16-15-6-2-1-5-11(15)19-8-10-13-12(18-14-10)9-4-3-7-17-9/h1-7H,8H2. The maximum absolute atomic E-state index is 11.4. The number of rotatable bonds is 4. The summed E-state index contributed by atoms with van der Waals surface area (Å²) in [5.41, 5.74) is 0. The Hall–Kier alpha value is -2.28. The van der Waals surface area contributed by atoms with E-state index in [0.29, 0.717) is 28.3 Å². The summed E-state index contributed by atoms with van der Waals surface area (Å²) in [6, 6.07) is 8.72. The molecule has 6 nitrogen and oxygen atoms in total.